The Balaban J connectivity index is 2.15. The molecule has 0 aliphatic carbocycles. The summed E-state index contributed by atoms with van der Waals surface area (Å²) < 4.78 is 31.4. The summed E-state index contributed by atoms with van der Waals surface area (Å²) in [5.74, 6) is -0.693. The van der Waals surface area contributed by atoms with E-state index in [1.165, 1.54) is 0 Å². The lowest BCUT2D eigenvalue weighted by Gasteiger charge is -2.10. The summed E-state index contributed by atoms with van der Waals surface area (Å²) in [6.07, 6.45) is 0.843. The first-order valence-corrected chi connectivity index (χ1v) is 6.08. The van der Waals surface area contributed by atoms with Crippen molar-refractivity contribution in [3.05, 3.63) is 59.7 Å². The predicted molar refractivity (Wildman–Crippen MR) is 70.1 cm³/mol. The monoisotopic (exact) mass is 263 g/mol. The molecule has 0 radical (unpaired) electrons. The maximum atomic E-state index is 13.0. The van der Waals surface area contributed by atoms with E-state index >= 15 is 0 Å². The van der Waals surface area contributed by atoms with Crippen molar-refractivity contribution < 1.29 is 13.5 Å². The van der Waals surface area contributed by atoms with Gasteiger partial charge < -0.3 is 10.5 Å². The average Bonchev–Trinajstić information content (AvgIpc) is 2.37. The second-order valence-electron chi connectivity index (χ2n) is 4.29. The molecule has 0 aliphatic heterocycles. The second kappa shape index (κ2) is 5.80. The molecule has 2 rings (SSSR count). The van der Waals surface area contributed by atoms with Crippen molar-refractivity contribution in [2.24, 2.45) is 5.73 Å². The van der Waals surface area contributed by atoms with Gasteiger partial charge in [0.05, 0.1) is 0 Å². The summed E-state index contributed by atoms with van der Waals surface area (Å²) in [6.45, 7) is 2.00. The lowest BCUT2D eigenvalue weighted by molar-refractivity contribution is 0.468. The zero-order chi connectivity index (χ0) is 13.8. The third kappa shape index (κ3) is 3.51. The summed E-state index contributed by atoms with van der Waals surface area (Å²) >= 11 is 0. The van der Waals surface area contributed by atoms with Crippen LogP contribution in [0.1, 0.15) is 24.9 Å². The summed E-state index contributed by atoms with van der Waals surface area (Å²) in [6, 6.07) is 10.2. The molecule has 2 aromatic rings. The molecule has 2 aromatic carbocycles. The van der Waals surface area contributed by atoms with Crippen molar-refractivity contribution in [2.45, 2.75) is 19.4 Å². The maximum Gasteiger partial charge on any atom is 0.133 e. The largest absolute Gasteiger partial charge is 0.457 e. The van der Waals surface area contributed by atoms with E-state index in [1.807, 2.05) is 19.1 Å². The van der Waals surface area contributed by atoms with E-state index in [-0.39, 0.29) is 11.8 Å². The zero-order valence-electron chi connectivity index (χ0n) is 10.6. The lowest BCUT2D eigenvalue weighted by atomic mass is 10.1. The van der Waals surface area contributed by atoms with Crippen molar-refractivity contribution in [1.29, 1.82) is 0 Å². The van der Waals surface area contributed by atoms with Crippen LogP contribution in [-0.2, 0) is 0 Å². The smallest absolute Gasteiger partial charge is 0.133 e. The van der Waals surface area contributed by atoms with E-state index in [0.717, 1.165) is 30.2 Å². The second-order valence-corrected chi connectivity index (χ2v) is 4.29. The van der Waals surface area contributed by atoms with Crippen molar-refractivity contribution in [3.63, 3.8) is 0 Å². The Morgan fingerprint density at radius 1 is 1.00 bits per heavy atom. The number of hydrogen-bond donors (Lipinski definition) is 1. The van der Waals surface area contributed by atoms with Gasteiger partial charge >= 0.3 is 0 Å². The van der Waals surface area contributed by atoms with Crippen molar-refractivity contribution in [3.8, 4) is 11.5 Å². The Hall–Kier alpha value is -1.94. The molecule has 100 valence electrons. The van der Waals surface area contributed by atoms with Crippen LogP contribution in [0.15, 0.2) is 42.5 Å². The fourth-order valence-electron chi connectivity index (χ4n) is 1.74. The molecule has 0 amide bonds. The summed E-state index contributed by atoms with van der Waals surface area (Å²) in [4.78, 5) is 0. The fourth-order valence-corrected chi connectivity index (χ4v) is 1.74. The molecule has 0 saturated carbocycles. The van der Waals surface area contributed by atoms with Gasteiger partial charge in [-0.15, -0.1) is 0 Å². The number of rotatable bonds is 4. The predicted octanol–water partition coefficient (Wildman–Crippen LogP) is 4.17. The van der Waals surface area contributed by atoms with Gasteiger partial charge in [-0.3, -0.25) is 0 Å². The summed E-state index contributed by atoms with van der Waals surface area (Å²) in [5, 5.41) is 0. The number of hydrogen-bond acceptors (Lipinski definition) is 2. The third-order valence-electron chi connectivity index (χ3n) is 2.82. The molecule has 1 atom stereocenters. The Morgan fingerprint density at radius 2 is 1.58 bits per heavy atom. The summed E-state index contributed by atoms with van der Waals surface area (Å²) in [5.41, 5.74) is 6.90. The van der Waals surface area contributed by atoms with E-state index in [2.05, 4.69) is 0 Å². The molecule has 0 aromatic heterocycles. The van der Waals surface area contributed by atoms with E-state index in [1.54, 1.807) is 12.1 Å². The number of benzene rings is 2. The quantitative estimate of drug-likeness (QED) is 0.898. The molecule has 0 aliphatic rings. The van der Waals surface area contributed by atoms with Gasteiger partial charge in [-0.05, 0) is 24.1 Å². The van der Waals surface area contributed by atoms with Crippen LogP contribution in [0.5, 0.6) is 11.5 Å². The Labute approximate surface area is 110 Å². The van der Waals surface area contributed by atoms with Crippen LogP contribution in [0, 0.1) is 11.6 Å². The van der Waals surface area contributed by atoms with Gasteiger partial charge in [0.25, 0.3) is 0 Å². The standard InChI is InChI=1S/C15H15F2NO/c1-2-15(18)10-3-5-13(6-4-10)19-14-8-11(16)7-12(17)9-14/h3-9,15H,2,18H2,1H3. The van der Waals surface area contributed by atoms with Gasteiger partial charge in [0.1, 0.15) is 23.1 Å². The van der Waals surface area contributed by atoms with Gasteiger partial charge in [-0.25, -0.2) is 8.78 Å². The SMILES string of the molecule is CCC(N)c1ccc(Oc2cc(F)cc(F)c2)cc1. The minimum Gasteiger partial charge on any atom is -0.457 e. The number of ether oxygens (including phenoxy) is 1. The van der Waals surface area contributed by atoms with Crippen LogP contribution < -0.4 is 10.5 Å². The molecule has 0 bridgehead atoms. The molecule has 0 saturated heterocycles. The van der Waals surface area contributed by atoms with Gasteiger partial charge in [-0.2, -0.15) is 0 Å². The zero-order valence-corrected chi connectivity index (χ0v) is 10.6. The maximum absolute atomic E-state index is 13.0. The molecule has 19 heavy (non-hydrogen) atoms. The molecule has 2 N–H and O–H groups in total. The van der Waals surface area contributed by atoms with E-state index in [4.69, 9.17) is 10.5 Å². The minimum atomic E-state index is -0.667. The number of nitrogens with two attached hydrogens (primary N) is 1. The van der Waals surface area contributed by atoms with Gasteiger partial charge in [0.2, 0.25) is 0 Å². The highest BCUT2D eigenvalue weighted by atomic mass is 19.1. The Morgan fingerprint density at radius 3 is 2.11 bits per heavy atom. The first-order chi connectivity index (χ1) is 9.08. The normalized spacial score (nSPS) is 12.2. The molecule has 4 heteroatoms. The number of halogens is 2. The molecular formula is C15H15F2NO. The highest BCUT2D eigenvalue weighted by Crippen LogP contribution is 2.25. The Bertz CT molecular complexity index is 534. The van der Waals surface area contributed by atoms with Crippen LogP contribution in [0.2, 0.25) is 0 Å². The third-order valence-corrected chi connectivity index (χ3v) is 2.82. The van der Waals surface area contributed by atoms with Crippen LogP contribution in [0.25, 0.3) is 0 Å². The highest BCUT2D eigenvalue weighted by molar-refractivity contribution is 5.34. The fraction of sp³-hybridized carbons (Fsp3) is 0.200. The molecule has 0 spiro atoms. The van der Waals surface area contributed by atoms with Gasteiger partial charge in [0.15, 0.2) is 0 Å². The highest BCUT2D eigenvalue weighted by Gasteiger charge is 2.05. The van der Waals surface area contributed by atoms with Crippen LogP contribution in [0.4, 0.5) is 8.78 Å². The van der Waals surface area contributed by atoms with Gasteiger partial charge in [0, 0.05) is 24.2 Å². The Kier molecular flexibility index (Phi) is 4.12. The molecule has 2 nitrogen and oxygen atoms in total. The van der Waals surface area contributed by atoms with Crippen molar-refractivity contribution in [1.82, 2.24) is 0 Å². The first-order valence-electron chi connectivity index (χ1n) is 6.08. The molecule has 0 heterocycles. The first kappa shape index (κ1) is 13.5. The van der Waals surface area contributed by atoms with E-state index in [0.29, 0.717) is 5.75 Å². The molecule has 1 unspecified atom stereocenters. The topological polar surface area (TPSA) is 35.2 Å². The minimum absolute atomic E-state index is 0.0133. The molecular weight excluding hydrogens is 248 g/mol. The van der Waals surface area contributed by atoms with Crippen LogP contribution in [-0.4, -0.2) is 0 Å². The van der Waals surface area contributed by atoms with Crippen molar-refractivity contribution >= 4 is 0 Å². The lowest BCUT2D eigenvalue weighted by Crippen LogP contribution is -2.08. The van der Waals surface area contributed by atoms with Crippen molar-refractivity contribution in [2.75, 3.05) is 0 Å². The molecule has 0 fully saturated rings. The van der Waals surface area contributed by atoms with Crippen LogP contribution in [0.3, 0.4) is 0 Å². The van der Waals surface area contributed by atoms with Crippen LogP contribution >= 0.6 is 0 Å². The van der Waals surface area contributed by atoms with Gasteiger partial charge in [-0.1, -0.05) is 19.1 Å². The van der Waals surface area contributed by atoms with E-state index < -0.39 is 11.6 Å². The average molecular weight is 263 g/mol. The van der Waals surface area contributed by atoms with E-state index in [9.17, 15) is 8.78 Å². The summed E-state index contributed by atoms with van der Waals surface area (Å²) in [7, 11) is 0.